The van der Waals surface area contributed by atoms with Gasteiger partial charge < -0.3 is 15.4 Å². The molecule has 0 saturated heterocycles. The van der Waals surface area contributed by atoms with E-state index < -0.39 is 0 Å². The lowest BCUT2D eigenvalue weighted by Crippen LogP contribution is -2.15. The standard InChI is InChI=1S/C20H20N4O/c1-25-18-8-3-15(4-9-18)19-13-20(24-23-19)22-16-5-2-14-10-11-21-17(12-14)7-6-16/h2-11,13-14,21H,12H2,1H3,(H2,22,23,24)/b5-2?,16-6+,17-7+. The van der Waals surface area contributed by atoms with Crippen molar-refractivity contribution in [3.8, 4) is 17.0 Å². The number of allylic oxidation sites excluding steroid dienone is 6. The fourth-order valence-electron chi connectivity index (χ4n) is 2.92. The van der Waals surface area contributed by atoms with Crippen molar-refractivity contribution in [3.05, 3.63) is 78.3 Å². The normalized spacial score (nSPS) is 22.7. The number of rotatable bonds is 4. The molecule has 0 spiro atoms. The summed E-state index contributed by atoms with van der Waals surface area (Å²) in [6, 6.07) is 9.90. The van der Waals surface area contributed by atoms with Crippen molar-refractivity contribution in [1.82, 2.24) is 15.5 Å². The molecule has 2 bridgehead atoms. The average molecular weight is 332 g/mol. The first kappa shape index (κ1) is 15.3. The van der Waals surface area contributed by atoms with E-state index in [-0.39, 0.29) is 0 Å². The molecular weight excluding hydrogens is 312 g/mol. The Balaban J connectivity index is 1.51. The number of methoxy groups -OCH3 is 1. The monoisotopic (exact) mass is 332 g/mol. The highest BCUT2D eigenvalue weighted by Crippen LogP contribution is 2.24. The number of hydrogen-bond donors (Lipinski definition) is 3. The molecule has 1 unspecified atom stereocenters. The highest BCUT2D eigenvalue weighted by Gasteiger charge is 2.11. The molecule has 1 aromatic carbocycles. The van der Waals surface area contributed by atoms with Gasteiger partial charge in [0.05, 0.1) is 12.8 Å². The molecule has 1 aliphatic carbocycles. The Morgan fingerprint density at radius 3 is 2.88 bits per heavy atom. The zero-order valence-corrected chi connectivity index (χ0v) is 14.0. The van der Waals surface area contributed by atoms with Crippen molar-refractivity contribution in [2.75, 3.05) is 12.4 Å². The average Bonchev–Trinajstić information content (AvgIpc) is 3.12. The Morgan fingerprint density at radius 2 is 2.04 bits per heavy atom. The fourth-order valence-corrected chi connectivity index (χ4v) is 2.92. The molecule has 1 aromatic heterocycles. The Bertz CT molecular complexity index is 871. The van der Waals surface area contributed by atoms with Crippen LogP contribution in [0.4, 0.5) is 5.82 Å². The number of nitrogens with one attached hydrogen (secondary N) is 3. The van der Waals surface area contributed by atoms with Crippen LogP contribution in [0.5, 0.6) is 5.75 Å². The summed E-state index contributed by atoms with van der Waals surface area (Å²) in [5.74, 6) is 2.06. The van der Waals surface area contributed by atoms with Crippen LogP contribution < -0.4 is 15.4 Å². The number of nitrogens with zero attached hydrogens (tertiary/aromatic N) is 1. The Labute approximate surface area is 146 Å². The number of hydrogen-bond acceptors (Lipinski definition) is 4. The molecule has 5 nitrogen and oxygen atoms in total. The summed E-state index contributed by atoms with van der Waals surface area (Å²) in [6.45, 7) is 0. The quantitative estimate of drug-likeness (QED) is 0.793. The molecule has 2 aliphatic rings. The maximum Gasteiger partial charge on any atom is 0.152 e. The number of anilines is 1. The van der Waals surface area contributed by atoms with Gasteiger partial charge in [-0.2, -0.15) is 5.10 Å². The molecule has 0 amide bonds. The van der Waals surface area contributed by atoms with Gasteiger partial charge in [0, 0.05) is 23.4 Å². The van der Waals surface area contributed by atoms with Gasteiger partial charge in [0.15, 0.2) is 5.82 Å². The zero-order chi connectivity index (χ0) is 17.1. The minimum atomic E-state index is 0.437. The van der Waals surface area contributed by atoms with Crippen molar-refractivity contribution < 1.29 is 4.74 Å². The van der Waals surface area contributed by atoms with Crippen LogP contribution in [0.2, 0.25) is 0 Å². The summed E-state index contributed by atoms with van der Waals surface area (Å²) >= 11 is 0. The van der Waals surface area contributed by atoms with E-state index in [2.05, 4.69) is 51.2 Å². The predicted molar refractivity (Wildman–Crippen MR) is 99.9 cm³/mol. The largest absolute Gasteiger partial charge is 0.497 e. The lowest BCUT2D eigenvalue weighted by molar-refractivity contribution is 0.415. The van der Waals surface area contributed by atoms with Crippen LogP contribution in [0.15, 0.2) is 78.3 Å². The third-order valence-electron chi connectivity index (χ3n) is 4.31. The van der Waals surface area contributed by atoms with E-state index in [9.17, 15) is 0 Å². The molecule has 3 N–H and O–H groups in total. The van der Waals surface area contributed by atoms with E-state index in [1.54, 1.807) is 7.11 Å². The molecule has 25 heavy (non-hydrogen) atoms. The second-order valence-electron chi connectivity index (χ2n) is 6.06. The number of H-pyrrole nitrogens is 1. The summed E-state index contributed by atoms with van der Waals surface area (Å²) in [5.41, 5.74) is 4.25. The van der Waals surface area contributed by atoms with Crippen LogP contribution in [-0.4, -0.2) is 17.3 Å². The Hall–Kier alpha value is -3.21. The van der Waals surface area contributed by atoms with Gasteiger partial charge in [-0.25, -0.2) is 0 Å². The van der Waals surface area contributed by atoms with Crippen LogP contribution in [0.25, 0.3) is 11.3 Å². The summed E-state index contributed by atoms with van der Waals surface area (Å²) in [7, 11) is 1.66. The van der Waals surface area contributed by atoms with E-state index in [0.717, 1.165) is 34.9 Å². The molecule has 0 fully saturated rings. The summed E-state index contributed by atoms with van der Waals surface area (Å²) < 4.78 is 5.20. The first-order valence-corrected chi connectivity index (χ1v) is 8.29. The van der Waals surface area contributed by atoms with Crippen molar-refractivity contribution in [2.45, 2.75) is 6.42 Å². The third kappa shape index (κ3) is 3.50. The molecule has 1 atom stereocenters. The summed E-state index contributed by atoms with van der Waals surface area (Å²) in [5, 5.41) is 14.1. The lowest BCUT2D eigenvalue weighted by atomic mass is 9.98. The van der Waals surface area contributed by atoms with Gasteiger partial charge in [-0.3, -0.25) is 5.10 Å². The number of benzene rings is 1. The Morgan fingerprint density at radius 1 is 1.16 bits per heavy atom. The lowest BCUT2D eigenvalue weighted by Gasteiger charge is -2.19. The van der Waals surface area contributed by atoms with Crippen molar-refractivity contribution in [3.63, 3.8) is 0 Å². The van der Waals surface area contributed by atoms with E-state index in [1.807, 2.05) is 36.5 Å². The van der Waals surface area contributed by atoms with Crippen LogP contribution in [0.3, 0.4) is 0 Å². The first-order chi connectivity index (χ1) is 12.3. The number of aromatic nitrogens is 2. The van der Waals surface area contributed by atoms with Crippen molar-refractivity contribution >= 4 is 5.82 Å². The molecular formula is C20H20N4O. The number of fused-ring (bicyclic) bond motifs is 2. The van der Waals surface area contributed by atoms with Gasteiger partial charge >= 0.3 is 0 Å². The van der Waals surface area contributed by atoms with Crippen LogP contribution in [0, 0.1) is 5.92 Å². The smallest absolute Gasteiger partial charge is 0.152 e. The molecule has 2 heterocycles. The SMILES string of the molecule is COc1ccc(-c2cc(N/C3=C/C=C4\CC(C=CN4)C=C3)n[nH]2)cc1. The van der Waals surface area contributed by atoms with Crippen LogP contribution in [0.1, 0.15) is 6.42 Å². The van der Waals surface area contributed by atoms with Gasteiger partial charge in [-0.1, -0.05) is 12.2 Å². The van der Waals surface area contributed by atoms with Crippen LogP contribution >= 0.6 is 0 Å². The third-order valence-corrected chi connectivity index (χ3v) is 4.31. The zero-order valence-electron chi connectivity index (χ0n) is 14.0. The van der Waals surface area contributed by atoms with Gasteiger partial charge in [-0.15, -0.1) is 0 Å². The van der Waals surface area contributed by atoms with Gasteiger partial charge in [0.2, 0.25) is 0 Å². The molecule has 0 radical (unpaired) electrons. The molecule has 1 aliphatic heterocycles. The maximum absolute atomic E-state index is 5.20. The summed E-state index contributed by atoms with van der Waals surface area (Å²) in [4.78, 5) is 0. The molecule has 2 aromatic rings. The first-order valence-electron chi connectivity index (χ1n) is 8.29. The molecule has 126 valence electrons. The second-order valence-corrected chi connectivity index (χ2v) is 6.06. The minimum Gasteiger partial charge on any atom is -0.497 e. The van der Waals surface area contributed by atoms with Crippen LogP contribution in [-0.2, 0) is 0 Å². The number of ether oxygens (including phenoxy) is 1. The number of aromatic amines is 1. The minimum absolute atomic E-state index is 0.437. The van der Waals surface area contributed by atoms with Gasteiger partial charge in [0.1, 0.15) is 5.75 Å². The second kappa shape index (κ2) is 6.73. The van der Waals surface area contributed by atoms with E-state index in [4.69, 9.17) is 4.74 Å². The van der Waals surface area contributed by atoms with E-state index >= 15 is 0 Å². The molecule has 4 rings (SSSR count). The maximum atomic E-state index is 5.20. The fraction of sp³-hybridized carbons (Fsp3) is 0.150. The molecule has 0 saturated carbocycles. The van der Waals surface area contributed by atoms with E-state index in [0.29, 0.717) is 5.92 Å². The molecule has 5 heteroatoms. The Kier molecular flexibility index (Phi) is 4.12. The van der Waals surface area contributed by atoms with Gasteiger partial charge in [0.25, 0.3) is 0 Å². The van der Waals surface area contributed by atoms with Crippen molar-refractivity contribution in [2.24, 2.45) is 5.92 Å². The van der Waals surface area contributed by atoms with Gasteiger partial charge in [-0.05, 0) is 60.7 Å². The van der Waals surface area contributed by atoms with Crippen molar-refractivity contribution in [1.29, 1.82) is 0 Å². The highest BCUT2D eigenvalue weighted by atomic mass is 16.5. The predicted octanol–water partition coefficient (Wildman–Crippen LogP) is 3.96. The highest BCUT2D eigenvalue weighted by molar-refractivity contribution is 5.64. The topological polar surface area (TPSA) is 62.0 Å². The van der Waals surface area contributed by atoms with E-state index in [1.165, 1.54) is 5.70 Å². The summed E-state index contributed by atoms with van der Waals surface area (Å²) in [6.07, 6.45) is 13.7.